The summed E-state index contributed by atoms with van der Waals surface area (Å²) in [5.74, 6) is 0.875. The normalized spacial score (nSPS) is 11.1. The second kappa shape index (κ2) is 9.76. The van der Waals surface area contributed by atoms with E-state index in [9.17, 15) is 14.9 Å². The Balaban J connectivity index is 1.72. The number of nitrogens with zero attached hydrogens (tertiary/aromatic N) is 4. The molecular weight excluding hydrogens is 464 g/mol. The highest BCUT2D eigenvalue weighted by Crippen LogP contribution is 2.40. The molecule has 11 heteroatoms. The van der Waals surface area contributed by atoms with Crippen molar-refractivity contribution in [2.24, 2.45) is 0 Å². The molecule has 0 atom stereocenters. The second-order valence-corrected chi connectivity index (χ2v) is 8.77. The zero-order chi connectivity index (χ0) is 23.4. The minimum atomic E-state index is -0.458. The molecule has 33 heavy (non-hydrogen) atoms. The number of carbonyl (C=O) groups excluding carboxylic acids is 1. The topological polar surface area (TPSA) is 108 Å². The summed E-state index contributed by atoms with van der Waals surface area (Å²) in [6, 6.07) is 10.2. The maximum Gasteiger partial charge on any atom is 0.324 e. The Bertz CT molecular complexity index is 1290. The molecule has 1 aromatic carbocycles. The Labute approximate surface area is 196 Å². The number of carbonyl (C=O) groups is 1. The van der Waals surface area contributed by atoms with Crippen LogP contribution in [0.15, 0.2) is 54.9 Å². The fourth-order valence-corrected chi connectivity index (χ4v) is 4.88. The molecule has 0 N–H and O–H groups in total. The number of pyridine rings is 1. The molecule has 3 aromatic heterocycles. The van der Waals surface area contributed by atoms with Crippen molar-refractivity contribution in [3.05, 3.63) is 75.4 Å². The van der Waals surface area contributed by atoms with Gasteiger partial charge in [0.1, 0.15) is 21.7 Å². The largest absolute Gasteiger partial charge is 0.495 e. The first-order valence-corrected chi connectivity index (χ1v) is 11.3. The number of fused-ring (bicyclic) bond motifs is 1. The standard InChI is InChI=1S/C22H18N4O5S2/c1-30-16-7-8-17(31-2)21-20(16)24-22(33-21)25(13-14-4-3-11-23-12-14)18(27)9-5-15-6-10-19(32-15)26(28)29/h3-12H,13H2,1-2H3/b9-5+. The SMILES string of the molecule is COc1ccc(OC)c2sc(N(Cc3cccnc3)C(=O)/C=C/c3ccc([N+](=O)[O-])s3)nc12. The monoisotopic (exact) mass is 482 g/mol. The molecule has 0 spiro atoms. The van der Waals surface area contributed by atoms with Gasteiger partial charge in [-0.15, -0.1) is 0 Å². The van der Waals surface area contributed by atoms with E-state index in [4.69, 9.17) is 9.47 Å². The van der Waals surface area contributed by atoms with Gasteiger partial charge in [-0.3, -0.25) is 24.8 Å². The van der Waals surface area contributed by atoms with Crippen LogP contribution in [-0.2, 0) is 11.3 Å². The van der Waals surface area contributed by atoms with Gasteiger partial charge in [0.05, 0.1) is 25.7 Å². The van der Waals surface area contributed by atoms with Crippen LogP contribution in [0.25, 0.3) is 16.3 Å². The Morgan fingerprint density at radius 1 is 1.15 bits per heavy atom. The Kier molecular flexibility index (Phi) is 6.61. The number of nitro groups is 1. The van der Waals surface area contributed by atoms with E-state index in [0.717, 1.165) is 21.6 Å². The van der Waals surface area contributed by atoms with E-state index in [1.807, 2.05) is 6.07 Å². The lowest BCUT2D eigenvalue weighted by Gasteiger charge is -2.18. The third-order valence-corrected chi connectivity index (χ3v) is 6.74. The molecule has 168 valence electrons. The van der Waals surface area contributed by atoms with Crippen LogP contribution in [0.3, 0.4) is 0 Å². The van der Waals surface area contributed by atoms with Crippen molar-refractivity contribution < 1.29 is 19.2 Å². The Morgan fingerprint density at radius 3 is 2.61 bits per heavy atom. The minimum Gasteiger partial charge on any atom is -0.495 e. The molecule has 0 fully saturated rings. The number of anilines is 1. The molecule has 0 aliphatic heterocycles. The summed E-state index contributed by atoms with van der Waals surface area (Å²) in [4.78, 5) is 34.6. The first kappa shape index (κ1) is 22.4. The van der Waals surface area contributed by atoms with Crippen LogP contribution >= 0.6 is 22.7 Å². The lowest BCUT2D eigenvalue weighted by atomic mass is 10.2. The van der Waals surface area contributed by atoms with Crippen LogP contribution in [0, 0.1) is 10.1 Å². The van der Waals surface area contributed by atoms with Crippen molar-refractivity contribution in [2.75, 3.05) is 19.1 Å². The predicted octanol–water partition coefficient (Wildman–Crippen LogP) is 4.92. The van der Waals surface area contributed by atoms with Crippen molar-refractivity contribution in [3.63, 3.8) is 0 Å². The Hall–Kier alpha value is -3.83. The van der Waals surface area contributed by atoms with Gasteiger partial charge >= 0.3 is 5.00 Å². The number of aromatic nitrogens is 2. The van der Waals surface area contributed by atoms with Gasteiger partial charge < -0.3 is 9.47 Å². The molecule has 9 nitrogen and oxygen atoms in total. The summed E-state index contributed by atoms with van der Waals surface area (Å²) in [5, 5.41) is 11.4. The van der Waals surface area contributed by atoms with Crippen molar-refractivity contribution >= 4 is 55.0 Å². The molecule has 1 amide bonds. The van der Waals surface area contributed by atoms with Crippen molar-refractivity contribution in [3.8, 4) is 11.5 Å². The Morgan fingerprint density at radius 2 is 1.94 bits per heavy atom. The summed E-state index contributed by atoms with van der Waals surface area (Å²) >= 11 is 2.31. The number of methoxy groups -OCH3 is 2. The van der Waals surface area contributed by atoms with Gasteiger partial charge in [-0.05, 0) is 35.9 Å². The molecule has 0 radical (unpaired) electrons. The first-order chi connectivity index (χ1) is 16.0. The quantitative estimate of drug-likeness (QED) is 0.199. The summed E-state index contributed by atoms with van der Waals surface area (Å²) in [5.41, 5.74) is 1.42. The minimum absolute atomic E-state index is 0.0136. The lowest BCUT2D eigenvalue weighted by molar-refractivity contribution is -0.380. The van der Waals surface area contributed by atoms with Gasteiger partial charge in [0.25, 0.3) is 5.91 Å². The van der Waals surface area contributed by atoms with Crippen LogP contribution in [0.2, 0.25) is 0 Å². The number of thiophene rings is 1. The zero-order valence-electron chi connectivity index (χ0n) is 17.6. The fourth-order valence-electron chi connectivity index (χ4n) is 3.08. The number of amides is 1. The van der Waals surface area contributed by atoms with Gasteiger partial charge in [-0.25, -0.2) is 4.98 Å². The molecular formula is C22H18N4O5S2. The molecule has 0 saturated carbocycles. The van der Waals surface area contributed by atoms with Gasteiger partial charge in [-0.1, -0.05) is 28.7 Å². The maximum atomic E-state index is 13.2. The first-order valence-electron chi connectivity index (χ1n) is 9.64. The third-order valence-electron chi connectivity index (χ3n) is 4.64. The lowest BCUT2D eigenvalue weighted by Crippen LogP contribution is -2.28. The van der Waals surface area contributed by atoms with Crippen molar-refractivity contribution in [1.82, 2.24) is 9.97 Å². The average Bonchev–Trinajstić information content (AvgIpc) is 3.49. The van der Waals surface area contributed by atoms with Crippen LogP contribution in [0.5, 0.6) is 11.5 Å². The van der Waals surface area contributed by atoms with Crippen LogP contribution in [-0.4, -0.2) is 35.0 Å². The predicted molar refractivity (Wildman–Crippen MR) is 128 cm³/mol. The number of hydrogen-bond acceptors (Lipinski definition) is 9. The number of ether oxygens (including phenoxy) is 2. The molecule has 0 saturated heterocycles. The molecule has 0 aliphatic rings. The number of thiazole rings is 1. The average molecular weight is 483 g/mol. The molecule has 3 heterocycles. The molecule has 0 unspecified atom stereocenters. The zero-order valence-corrected chi connectivity index (χ0v) is 19.3. The van der Waals surface area contributed by atoms with Gasteiger partial charge in [0.2, 0.25) is 0 Å². The van der Waals surface area contributed by atoms with Gasteiger partial charge in [0, 0.05) is 29.4 Å². The van der Waals surface area contributed by atoms with Gasteiger partial charge in [0.15, 0.2) is 5.13 Å². The number of hydrogen-bond donors (Lipinski definition) is 0. The maximum absolute atomic E-state index is 13.2. The summed E-state index contributed by atoms with van der Waals surface area (Å²) < 4.78 is 11.7. The van der Waals surface area contributed by atoms with E-state index in [-0.39, 0.29) is 17.5 Å². The second-order valence-electron chi connectivity index (χ2n) is 6.70. The van der Waals surface area contributed by atoms with E-state index in [2.05, 4.69) is 9.97 Å². The van der Waals surface area contributed by atoms with E-state index in [1.165, 1.54) is 28.4 Å². The molecule has 4 aromatic rings. The van der Waals surface area contributed by atoms with Crippen LogP contribution in [0.4, 0.5) is 10.1 Å². The van der Waals surface area contributed by atoms with Crippen molar-refractivity contribution in [2.45, 2.75) is 6.54 Å². The summed E-state index contributed by atoms with van der Waals surface area (Å²) in [6.45, 7) is 0.242. The molecule has 0 aliphatic carbocycles. The third kappa shape index (κ3) is 4.83. The van der Waals surface area contributed by atoms with E-state index in [1.54, 1.807) is 57.0 Å². The molecule has 4 rings (SSSR count). The van der Waals surface area contributed by atoms with E-state index in [0.29, 0.717) is 27.0 Å². The fraction of sp³-hybridized carbons (Fsp3) is 0.136. The molecule has 0 bridgehead atoms. The highest BCUT2D eigenvalue weighted by molar-refractivity contribution is 7.22. The van der Waals surface area contributed by atoms with Crippen LogP contribution in [0.1, 0.15) is 10.4 Å². The smallest absolute Gasteiger partial charge is 0.324 e. The number of rotatable bonds is 8. The van der Waals surface area contributed by atoms with Gasteiger partial charge in [-0.2, -0.15) is 0 Å². The summed E-state index contributed by atoms with van der Waals surface area (Å²) in [6.07, 6.45) is 6.28. The summed E-state index contributed by atoms with van der Waals surface area (Å²) in [7, 11) is 3.13. The van der Waals surface area contributed by atoms with Crippen molar-refractivity contribution in [1.29, 1.82) is 0 Å². The van der Waals surface area contributed by atoms with E-state index < -0.39 is 4.92 Å². The highest BCUT2D eigenvalue weighted by atomic mass is 32.1. The highest BCUT2D eigenvalue weighted by Gasteiger charge is 2.22. The van der Waals surface area contributed by atoms with Crippen LogP contribution < -0.4 is 14.4 Å². The number of benzene rings is 1. The van der Waals surface area contributed by atoms with E-state index >= 15 is 0 Å².